The summed E-state index contributed by atoms with van der Waals surface area (Å²) in [5.41, 5.74) is 2.11. The van der Waals surface area contributed by atoms with Gasteiger partial charge in [-0.05, 0) is 32.7 Å². The number of rotatable bonds is 1. The van der Waals surface area contributed by atoms with Crippen LogP contribution < -0.4 is 0 Å². The molecule has 0 aromatic carbocycles. The first kappa shape index (κ1) is 13.0. The average molecular weight is 294 g/mol. The van der Waals surface area contributed by atoms with Crippen LogP contribution in [-0.4, -0.2) is 40.6 Å². The van der Waals surface area contributed by atoms with Crippen molar-refractivity contribution in [2.24, 2.45) is 0 Å². The molecule has 2 bridgehead atoms. The first-order valence-electron chi connectivity index (χ1n) is 7.57. The standard InChI is InChI=1S/C15H20ClN3O/c1-19-10-2-3-11(19)7-9(6-10)15-17-13-4-5-20-8-12(13)14(16)18-15/h9-11H,2-8H2,1H3. The van der Waals surface area contributed by atoms with E-state index >= 15 is 0 Å². The third kappa shape index (κ3) is 2.05. The van der Waals surface area contributed by atoms with Crippen molar-refractivity contribution in [3.8, 4) is 0 Å². The Bertz CT molecular complexity index is 522. The second-order valence-corrected chi connectivity index (χ2v) is 6.68. The van der Waals surface area contributed by atoms with Gasteiger partial charge in [0.2, 0.25) is 0 Å². The van der Waals surface area contributed by atoms with E-state index in [4.69, 9.17) is 21.3 Å². The van der Waals surface area contributed by atoms with Gasteiger partial charge in [0.25, 0.3) is 0 Å². The van der Waals surface area contributed by atoms with Crippen molar-refractivity contribution in [1.29, 1.82) is 0 Å². The number of hydrogen-bond acceptors (Lipinski definition) is 4. The maximum absolute atomic E-state index is 6.34. The molecular formula is C15H20ClN3O. The molecular weight excluding hydrogens is 274 g/mol. The van der Waals surface area contributed by atoms with Crippen LogP contribution in [0.4, 0.5) is 0 Å². The molecule has 2 unspecified atom stereocenters. The van der Waals surface area contributed by atoms with E-state index in [0.29, 0.717) is 29.8 Å². The summed E-state index contributed by atoms with van der Waals surface area (Å²) in [4.78, 5) is 12.0. The van der Waals surface area contributed by atoms with E-state index in [0.717, 1.165) is 30.1 Å². The summed E-state index contributed by atoms with van der Waals surface area (Å²) in [6, 6.07) is 1.42. The molecule has 5 heteroatoms. The highest BCUT2D eigenvalue weighted by Gasteiger charge is 2.40. The van der Waals surface area contributed by atoms with Crippen LogP contribution in [0.25, 0.3) is 0 Å². The minimum Gasteiger partial charge on any atom is -0.376 e. The Kier molecular flexibility index (Phi) is 3.20. The zero-order valence-electron chi connectivity index (χ0n) is 11.8. The Labute approximate surface area is 124 Å². The number of halogens is 1. The van der Waals surface area contributed by atoms with E-state index in [-0.39, 0.29) is 0 Å². The molecule has 0 spiro atoms. The van der Waals surface area contributed by atoms with Gasteiger partial charge in [0.1, 0.15) is 11.0 Å². The summed E-state index contributed by atoms with van der Waals surface area (Å²) < 4.78 is 5.45. The van der Waals surface area contributed by atoms with E-state index in [2.05, 4.69) is 16.9 Å². The van der Waals surface area contributed by atoms with Crippen LogP contribution >= 0.6 is 11.6 Å². The maximum Gasteiger partial charge on any atom is 0.138 e. The molecule has 1 aromatic rings. The van der Waals surface area contributed by atoms with E-state index in [1.54, 1.807) is 0 Å². The minimum atomic E-state index is 0.481. The van der Waals surface area contributed by atoms with Crippen molar-refractivity contribution in [3.05, 3.63) is 22.2 Å². The molecule has 20 heavy (non-hydrogen) atoms. The van der Waals surface area contributed by atoms with Gasteiger partial charge >= 0.3 is 0 Å². The lowest BCUT2D eigenvalue weighted by Gasteiger charge is -2.35. The van der Waals surface area contributed by atoms with Gasteiger partial charge in [-0.2, -0.15) is 0 Å². The van der Waals surface area contributed by atoms with Crippen molar-refractivity contribution in [1.82, 2.24) is 14.9 Å². The van der Waals surface area contributed by atoms with E-state index in [1.807, 2.05) is 0 Å². The van der Waals surface area contributed by atoms with Gasteiger partial charge in [-0.15, -0.1) is 0 Å². The molecule has 3 aliphatic rings. The van der Waals surface area contributed by atoms with Gasteiger partial charge in [-0.1, -0.05) is 11.6 Å². The number of nitrogens with zero attached hydrogens (tertiary/aromatic N) is 3. The lowest BCUT2D eigenvalue weighted by atomic mass is 9.90. The Morgan fingerprint density at radius 3 is 2.70 bits per heavy atom. The molecule has 0 amide bonds. The summed E-state index contributed by atoms with van der Waals surface area (Å²) >= 11 is 6.34. The Morgan fingerprint density at radius 2 is 1.95 bits per heavy atom. The number of hydrogen-bond donors (Lipinski definition) is 0. The van der Waals surface area contributed by atoms with Crippen molar-refractivity contribution in [2.45, 2.75) is 56.7 Å². The lowest BCUT2D eigenvalue weighted by Crippen LogP contribution is -2.39. The molecule has 0 N–H and O–H groups in total. The maximum atomic E-state index is 6.34. The lowest BCUT2D eigenvalue weighted by molar-refractivity contribution is 0.108. The monoisotopic (exact) mass is 293 g/mol. The SMILES string of the molecule is CN1C2CCC1CC(c1nc(Cl)c3c(n1)CCOC3)C2. The quantitative estimate of drug-likeness (QED) is 0.746. The van der Waals surface area contributed by atoms with Crippen LogP contribution in [-0.2, 0) is 17.8 Å². The predicted octanol–water partition coefficient (Wildman–Crippen LogP) is 2.54. The summed E-state index contributed by atoms with van der Waals surface area (Å²) in [6.45, 7) is 1.31. The molecule has 2 fully saturated rings. The second-order valence-electron chi connectivity index (χ2n) is 6.32. The minimum absolute atomic E-state index is 0.481. The third-order valence-electron chi connectivity index (χ3n) is 5.25. The molecule has 3 aliphatic heterocycles. The molecule has 4 heterocycles. The molecule has 0 aliphatic carbocycles. The fourth-order valence-corrected chi connectivity index (χ4v) is 4.27. The summed E-state index contributed by atoms with van der Waals surface area (Å²) in [7, 11) is 2.26. The van der Waals surface area contributed by atoms with E-state index in [1.165, 1.54) is 25.7 Å². The Morgan fingerprint density at radius 1 is 1.20 bits per heavy atom. The smallest absolute Gasteiger partial charge is 0.138 e. The van der Waals surface area contributed by atoms with Gasteiger partial charge in [-0.3, -0.25) is 0 Å². The third-order valence-corrected chi connectivity index (χ3v) is 5.57. The Balaban J connectivity index is 1.64. The van der Waals surface area contributed by atoms with Crippen LogP contribution in [0.15, 0.2) is 0 Å². The first-order valence-corrected chi connectivity index (χ1v) is 7.95. The van der Waals surface area contributed by atoms with Gasteiger partial charge in [0, 0.05) is 30.0 Å². The van der Waals surface area contributed by atoms with Crippen LogP contribution in [0, 0.1) is 0 Å². The molecule has 0 radical (unpaired) electrons. The first-order chi connectivity index (χ1) is 9.72. The Hall–Kier alpha value is -0.710. The molecule has 2 saturated heterocycles. The summed E-state index contributed by atoms with van der Waals surface area (Å²) in [6.07, 6.45) is 5.87. The predicted molar refractivity (Wildman–Crippen MR) is 77.0 cm³/mol. The van der Waals surface area contributed by atoms with Crippen LogP contribution in [0.3, 0.4) is 0 Å². The van der Waals surface area contributed by atoms with E-state index < -0.39 is 0 Å². The molecule has 108 valence electrons. The fourth-order valence-electron chi connectivity index (χ4n) is 4.02. The largest absolute Gasteiger partial charge is 0.376 e. The van der Waals surface area contributed by atoms with Gasteiger partial charge < -0.3 is 9.64 Å². The molecule has 2 atom stereocenters. The zero-order valence-corrected chi connectivity index (χ0v) is 12.6. The van der Waals surface area contributed by atoms with E-state index in [9.17, 15) is 0 Å². The highest BCUT2D eigenvalue weighted by Crippen LogP contribution is 2.41. The highest BCUT2D eigenvalue weighted by atomic mass is 35.5. The molecule has 4 nitrogen and oxygen atoms in total. The summed E-state index contributed by atoms with van der Waals surface area (Å²) in [5, 5.41) is 0.607. The molecule has 1 aromatic heterocycles. The molecule has 4 rings (SSSR count). The fraction of sp³-hybridized carbons (Fsp3) is 0.733. The van der Waals surface area contributed by atoms with Crippen molar-refractivity contribution in [2.75, 3.05) is 13.7 Å². The van der Waals surface area contributed by atoms with Crippen molar-refractivity contribution >= 4 is 11.6 Å². The summed E-state index contributed by atoms with van der Waals surface area (Å²) in [5.74, 6) is 1.45. The van der Waals surface area contributed by atoms with Crippen molar-refractivity contribution < 1.29 is 4.74 Å². The van der Waals surface area contributed by atoms with Gasteiger partial charge in [0.15, 0.2) is 0 Å². The highest BCUT2D eigenvalue weighted by molar-refractivity contribution is 6.30. The number of piperidine rings is 1. The van der Waals surface area contributed by atoms with Gasteiger partial charge in [0.05, 0.1) is 18.9 Å². The topological polar surface area (TPSA) is 38.2 Å². The number of aromatic nitrogens is 2. The van der Waals surface area contributed by atoms with Crippen molar-refractivity contribution in [3.63, 3.8) is 0 Å². The second kappa shape index (κ2) is 4.93. The van der Waals surface area contributed by atoms with Gasteiger partial charge in [-0.25, -0.2) is 9.97 Å². The zero-order chi connectivity index (χ0) is 13.7. The van der Waals surface area contributed by atoms with Crippen LogP contribution in [0.5, 0.6) is 0 Å². The van der Waals surface area contributed by atoms with Crippen LogP contribution in [0.1, 0.15) is 48.7 Å². The average Bonchev–Trinajstić information content (AvgIpc) is 2.68. The number of ether oxygens (including phenoxy) is 1. The van der Waals surface area contributed by atoms with Crippen LogP contribution in [0.2, 0.25) is 5.15 Å². The normalized spacial score (nSPS) is 33.2. The molecule has 0 saturated carbocycles. The number of fused-ring (bicyclic) bond motifs is 3.